The van der Waals surface area contributed by atoms with Crippen LogP contribution in [0.15, 0.2) is 24.3 Å². The fourth-order valence-corrected chi connectivity index (χ4v) is 3.45. The van der Waals surface area contributed by atoms with E-state index in [2.05, 4.69) is 16.7 Å². The number of fused-ring (bicyclic) bond motifs is 1. The first-order valence-corrected chi connectivity index (χ1v) is 8.65. The second-order valence-electron chi connectivity index (χ2n) is 5.55. The number of hydrogen-bond donors (Lipinski definition) is 2. The van der Waals surface area contributed by atoms with Crippen molar-refractivity contribution in [3.63, 3.8) is 0 Å². The third-order valence-electron chi connectivity index (χ3n) is 3.65. The zero-order valence-corrected chi connectivity index (χ0v) is 13.0. The maximum Gasteiger partial charge on any atom is 0.225 e. The number of hydrogen-bond acceptors (Lipinski definition) is 3. The Labute approximate surface area is 122 Å². The Bertz CT molecular complexity index is 518. The molecule has 1 heterocycles. The molecule has 0 saturated heterocycles. The first-order chi connectivity index (χ1) is 9.47. The summed E-state index contributed by atoms with van der Waals surface area (Å²) in [5.74, 6) is 0.451. The van der Waals surface area contributed by atoms with E-state index in [4.69, 9.17) is 0 Å². The Kier molecular flexibility index (Phi) is 4.81. The zero-order chi connectivity index (χ0) is 14.7. The van der Waals surface area contributed by atoms with Gasteiger partial charge in [0.1, 0.15) is 0 Å². The van der Waals surface area contributed by atoms with Gasteiger partial charge in [0, 0.05) is 40.6 Å². The van der Waals surface area contributed by atoms with Gasteiger partial charge < -0.3 is 10.6 Å². The zero-order valence-electron chi connectivity index (χ0n) is 12.2. The van der Waals surface area contributed by atoms with Crippen LogP contribution in [0.2, 0.25) is 0 Å². The fraction of sp³-hybridized carbons (Fsp3) is 0.533. The van der Waals surface area contributed by atoms with Crippen LogP contribution in [0.4, 0.5) is 5.69 Å². The average molecular weight is 294 g/mol. The summed E-state index contributed by atoms with van der Waals surface area (Å²) in [6, 6.07) is 8.13. The van der Waals surface area contributed by atoms with E-state index in [0.29, 0.717) is 5.75 Å². The molecule has 1 aromatic rings. The molecule has 4 unspecified atom stereocenters. The van der Waals surface area contributed by atoms with Gasteiger partial charge in [0.15, 0.2) is 0 Å². The highest BCUT2D eigenvalue weighted by molar-refractivity contribution is 7.84. The molecule has 4 atom stereocenters. The van der Waals surface area contributed by atoms with Crippen LogP contribution < -0.4 is 10.6 Å². The summed E-state index contributed by atoms with van der Waals surface area (Å²) in [4.78, 5) is 12.4. The molecule has 1 aromatic carbocycles. The first-order valence-electron chi connectivity index (χ1n) is 6.92. The molecule has 0 saturated carbocycles. The standard InChI is InChI=1S/C15H22N2O2S/c1-10(9-20(3)19)16-15(18)13-8-12-6-4-5-7-14(12)17-11(13)2/h4-7,10-11,13,17H,8-9H2,1-3H3,(H,16,18). The van der Waals surface area contributed by atoms with Crippen LogP contribution in [0, 0.1) is 5.92 Å². The molecule has 0 spiro atoms. The van der Waals surface area contributed by atoms with Crippen molar-refractivity contribution in [3.8, 4) is 0 Å². The van der Waals surface area contributed by atoms with Gasteiger partial charge in [-0.25, -0.2) is 0 Å². The number of anilines is 1. The summed E-state index contributed by atoms with van der Waals surface area (Å²) in [6.45, 7) is 3.93. The highest BCUT2D eigenvalue weighted by atomic mass is 32.2. The van der Waals surface area contributed by atoms with E-state index >= 15 is 0 Å². The lowest BCUT2D eigenvalue weighted by molar-refractivity contribution is -0.125. The number of amides is 1. The van der Waals surface area contributed by atoms with Crippen molar-refractivity contribution < 1.29 is 9.00 Å². The molecule has 110 valence electrons. The third kappa shape index (κ3) is 3.60. The van der Waals surface area contributed by atoms with Crippen LogP contribution in [0.3, 0.4) is 0 Å². The van der Waals surface area contributed by atoms with Crippen LogP contribution in [0.5, 0.6) is 0 Å². The molecule has 1 aliphatic heterocycles. The van der Waals surface area contributed by atoms with Crippen molar-refractivity contribution in [1.82, 2.24) is 5.32 Å². The Hall–Kier alpha value is -1.36. The summed E-state index contributed by atoms with van der Waals surface area (Å²) in [5, 5.41) is 6.35. The van der Waals surface area contributed by atoms with Crippen molar-refractivity contribution in [2.24, 2.45) is 5.92 Å². The average Bonchev–Trinajstić information content (AvgIpc) is 2.36. The molecule has 0 aromatic heterocycles. The molecule has 1 amide bonds. The number of carbonyl (C=O) groups is 1. The lowest BCUT2D eigenvalue weighted by atomic mass is 9.87. The number of rotatable bonds is 4. The molecular formula is C15H22N2O2S. The van der Waals surface area contributed by atoms with Crippen LogP contribution in [0.25, 0.3) is 0 Å². The van der Waals surface area contributed by atoms with Crippen LogP contribution >= 0.6 is 0 Å². The molecule has 2 rings (SSSR count). The van der Waals surface area contributed by atoms with E-state index in [1.54, 1.807) is 6.26 Å². The van der Waals surface area contributed by atoms with Gasteiger partial charge in [-0.1, -0.05) is 18.2 Å². The molecule has 1 aliphatic rings. The smallest absolute Gasteiger partial charge is 0.225 e. The van der Waals surface area contributed by atoms with E-state index in [9.17, 15) is 9.00 Å². The summed E-state index contributed by atoms with van der Waals surface area (Å²) in [7, 11) is -0.892. The van der Waals surface area contributed by atoms with E-state index in [1.165, 1.54) is 5.56 Å². The van der Waals surface area contributed by atoms with Gasteiger partial charge in [-0.15, -0.1) is 0 Å². The number of benzene rings is 1. The highest BCUT2D eigenvalue weighted by Crippen LogP contribution is 2.28. The molecule has 0 radical (unpaired) electrons. The van der Waals surface area contributed by atoms with Crippen LogP contribution in [0.1, 0.15) is 19.4 Å². The van der Waals surface area contributed by atoms with E-state index in [1.807, 2.05) is 32.0 Å². The second kappa shape index (κ2) is 6.39. The molecule has 2 N–H and O–H groups in total. The normalized spacial score (nSPS) is 24.1. The predicted molar refractivity (Wildman–Crippen MR) is 83.3 cm³/mol. The predicted octanol–water partition coefficient (Wildman–Crippen LogP) is 1.54. The fourth-order valence-electron chi connectivity index (χ4n) is 2.66. The summed E-state index contributed by atoms with van der Waals surface area (Å²) >= 11 is 0. The minimum absolute atomic E-state index is 0.0393. The third-order valence-corrected chi connectivity index (χ3v) is 4.62. The van der Waals surface area contributed by atoms with Crippen molar-refractivity contribution in [3.05, 3.63) is 29.8 Å². The van der Waals surface area contributed by atoms with Crippen LogP contribution in [-0.2, 0) is 22.0 Å². The maximum atomic E-state index is 12.4. The molecule has 4 nitrogen and oxygen atoms in total. The number of para-hydroxylation sites is 1. The molecule has 0 bridgehead atoms. The van der Waals surface area contributed by atoms with Crippen molar-refractivity contribution >= 4 is 22.4 Å². The van der Waals surface area contributed by atoms with Gasteiger partial charge in [-0.3, -0.25) is 9.00 Å². The van der Waals surface area contributed by atoms with E-state index < -0.39 is 10.8 Å². The van der Waals surface area contributed by atoms with Gasteiger partial charge in [0.2, 0.25) is 5.91 Å². The Morgan fingerprint density at radius 1 is 1.50 bits per heavy atom. The largest absolute Gasteiger partial charge is 0.382 e. The minimum atomic E-state index is -0.892. The number of nitrogens with one attached hydrogen (secondary N) is 2. The highest BCUT2D eigenvalue weighted by Gasteiger charge is 2.30. The second-order valence-corrected chi connectivity index (χ2v) is 7.03. The van der Waals surface area contributed by atoms with Crippen molar-refractivity contribution in [2.45, 2.75) is 32.4 Å². The topological polar surface area (TPSA) is 58.2 Å². The summed E-state index contributed by atoms with van der Waals surface area (Å²) in [5.41, 5.74) is 2.30. The first kappa shape index (κ1) is 15.0. The summed E-state index contributed by atoms with van der Waals surface area (Å²) < 4.78 is 11.2. The number of carbonyl (C=O) groups excluding carboxylic acids is 1. The van der Waals surface area contributed by atoms with Gasteiger partial charge >= 0.3 is 0 Å². The Balaban J connectivity index is 2.02. The van der Waals surface area contributed by atoms with Gasteiger partial charge in [-0.2, -0.15) is 0 Å². The molecule has 5 heteroatoms. The molecule has 0 fully saturated rings. The minimum Gasteiger partial charge on any atom is -0.382 e. The summed E-state index contributed by atoms with van der Waals surface area (Å²) in [6.07, 6.45) is 2.40. The van der Waals surface area contributed by atoms with E-state index in [0.717, 1.165) is 12.1 Å². The van der Waals surface area contributed by atoms with Crippen LogP contribution in [-0.4, -0.2) is 34.2 Å². The van der Waals surface area contributed by atoms with Gasteiger partial charge in [-0.05, 0) is 31.9 Å². The molecule has 0 aliphatic carbocycles. The van der Waals surface area contributed by atoms with Gasteiger partial charge in [0.25, 0.3) is 0 Å². The van der Waals surface area contributed by atoms with Crippen molar-refractivity contribution in [2.75, 3.05) is 17.3 Å². The lowest BCUT2D eigenvalue weighted by Crippen LogP contribution is -2.47. The van der Waals surface area contributed by atoms with Crippen molar-refractivity contribution in [1.29, 1.82) is 0 Å². The SMILES string of the molecule is CC(CS(C)=O)NC(=O)C1Cc2ccccc2NC1C. The quantitative estimate of drug-likeness (QED) is 0.885. The molecular weight excluding hydrogens is 272 g/mol. The van der Waals surface area contributed by atoms with Gasteiger partial charge in [0.05, 0.1) is 5.92 Å². The Morgan fingerprint density at radius 3 is 2.90 bits per heavy atom. The monoisotopic (exact) mass is 294 g/mol. The maximum absolute atomic E-state index is 12.4. The van der Waals surface area contributed by atoms with E-state index in [-0.39, 0.29) is 23.9 Å². The molecule has 20 heavy (non-hydrogen) atoms. The lowest BCUT2D eigenvalue weighted by Gasteiger charge is -2.32. The Morgan fingerprint density at radius 2 is 2.20 bits per heavy atom.